The Balaban J connectivity index is 1.45. The summed E-state index contributed by atoms with van der Waals surface area (Å²) in [7, 11) is 0. The van der Waals surface area contributed by atoms with Crippen LogP contribution in [0, 0.1) is 36.8 Å². The van der Waals surface area contributed by atoms with Crippen molar-refractivity contribution in [1.29, 1.82) is 5.26 Å². The quantitative estimate of drug-likeness (QED) is 0.351. The van der Waals surface area contributed by atoms with Crippen molar-refractivity contribution in [3.8, 4) is 17.8 Å². The van der Waals surface area contributed by atoms with E-state index in [1.165, 1.54) is 6.07 Å². The number of anilines is 3. The van der Waals surface area contributed by atoms with Crippen LogP contribution in [-0.2, 0) is 0 Å². The van der Waals surface area contributed by atoms with Gasteiger partial charge in [-0.15, -0.1) is 0 Å². The SMILES string of the molecule is Cc1cc(Nc2cc(N3CCN(CCC#N)CC3)nc(Oc3cc(F)c4[nH]c(C)cc4c3F)n2)n[nH]1. The van der Waals surface area contributed by atoms with Crippen LogP contribution in [0.3, 0.4) is 0 Å². The van der Waals surface area contributed by atoms with E-state index in [1.54, 1.807) is 13.0 Å². The number of hydrogen-bond donors (Lipinski definition) is 3. The van der Waals surface area contributed by atoms with E-state index in [2.05, 4.69) is 46.3 Å². The molecule has 12 heteroatoms. The lowest BCUT2D eigenvalue weighted by Gasteiger charge is -2.35. The molecule has 0 radical (unpaired) electrons. The maximum atomic E-state index is 15.2. The highest BCUT2D eigenvalue weighted by Crippen LogP contribution is 2.33. The average molecular weight is 494 g/mol. The predicted molar refractivity (Wildman–Crippen MR) is 131 cm³/mol. The molecule has 0 unspecified atom stereocenters. The van der Waals surface area contributed by atoms with Gasteiger partial charge in [-0.25, -0.2) is 8.78 Å². The van der Waals surface area contributed by atoms with Gasteiger partial charge in [-0.2, -0.15) is 20.3 Å². The van der Waals surface area contributed by atoms with Crippen molar-refractivity contribution in [2.24, 2.45) is 0 Å². The lowest BCUT2D eigenvalue weighted by atomic mass is 10.2. The second-order valence-corrected chi connectivity index (χ2v) is 8.71. The zero-order valence-electron chi connectivity index (χ0n) is 19.9. The van der Waals surface area contributed by atoms with Gasteiger partial charge >= 0.3 is 6.01 Å². The molecule has 1 aliphatic heterocycles. The third-order valence-electron chi connectivity index (χ3n) is 5.99. The van der Waals surface area contributed by atoms with Gasteiger partial charge in [-0.3, -0.25) is 10.00 Å². The molecule has 4 heterocycles. The van der Waals surface area contributed by atoms with Gasteiger partial charge in [-0.05, 0) is 19.9 Å². The smallest absolute Gasteiger partial charge is 0.326 e. The van der Waals surface area contributed by atoms with E-state index in [-0.39, 0.29) is 22.7 Å². The summed E-state index contributed by atoms with van der Waals surface area (Å²) in [5.74, 6) is -0.121. The molecular formula is C24H25F2N9O. The molecule has 1 aliphatic rings. The molecule has 0 aliphatic carbocycles. The number of nitriles is 1. The minimum Gasteiger partial charge on any atom is -0.421 e. The summed E-state index contributed by atoms with van der Waals surface area (Å²) >= 11 is 0. The van der Waals surface area contributed by atoms with Crippen LogP contribution < -0.4 is 15.0 Å². The highest BCUT2D eigenvalue weighted by atomic mass is 19.1. The molecule has 0 saturated carbocycles. The van der Waals surface area contributed by atoms with Gasteiger partial charge in [-0.1, -0.05) is 0 Å². The van der Waals surface area contributed by atoms with E-state index < -0.39 is 11.6 Å². The number of ether oxygens (including phenoxy) is 1. The van der Waals surface area contributed by atoms with Crippen molar-refractivity contribution < 1.29 is 13.5 Å². The van der Waals surface area contributed by atoms with Crippen molar-refractivity contribution in [2.45, 2.75) is 20.3 Å². The van der Waals surface area contributed by atoms with Gasteiger partial charge in [0.05, 0.1) is 11.6 Å². The number of aromatic amines is 2. The zero-order chi connectivity index (χ0) is 25.2. The van der Waals surface area contributed by atoms with Crippen molar-refractivity contribution in [1.82, 2.24) is 30.0 Å². The number of piperazine rings is 1. The fourth-order valence-electron chi connectivity index (χ4n) is 4.21. The van der Waals surface area contributed by atoms with Crippen LogP contribution in [0.5, 0.6) is 11.8 Å². The first-order valence-corrected chi connectivity index (χ1v) is 11.6. The molecule has 0 amide bonds. The van der Waals surface area contributed by atoms with E-state index in [9.17, 15) is 4.39 Å². The fourth-order valence-corrected chi connectivity index (χ4v) is 4.21. The second-order valence-electron chi connectivity index (χ2n) is 8.71. The molecule has 0 bridgehead atoms. The molecule has 0 atom stereocenters. The number of aryl methyl sites for hydroxylation is 2. The Bertz CT molecular complexity index is 1430. The number of fused-ring (bicyclic) bond motifs is 1. The first kappa shape index (κ1) is 23.5. The van der Waals surface area contributed by atoms with Crippen LogP contribution in [0.1, 0.15) is 17.8 Å². The third-order valence-corrected chi connectivity index (χ3v) is 5.99. The first-order chi connectivity index (χ1) is 17.4. The molecule has 0 spiro atoms. The van der Waals surface area contributed by atoms with Crippen LogP contribution in [0.4, 0.5) is 26.2 Å². The predicted octanol–water partition coefficient (Wildman–Crippen LogP) is 4.15. The Morgan fingerprint density at radius 3 is 2.58 bits per heavy atom. The number of aromatic nitrogens is 5. The minimum atomic E-state index is -0.701. The molecule has 5 rings (SSSR count). The van der Waals surface area contributed by atoms with Gasteiger partial charge in [0.2, 0.25) is 0 Å². The molecular weight excluding hydrogens is 468 g/mol. The summed E-state index contributed by atoms with van der Waals surface area (Å²) in [6.45, 7) is 7.22. The standard InChI is InChI=1S/C24H25F2N9O/c1-14-10-16-22(26)18(12-17(25)23(16)28-14)36-24-30-19(29-20-11-15(2)32-33-20)13-21(31-24)35-8-6-34(7-9-35)5-3-4-27/h10-13,28H,3,5-9H2,1-2H3,(H2,29,30,31,32,33). The number of benzene rings is 1. The Kier molecular flexibility index (Phi) is 6.39. The second kappa shape index (κ2) is 9.79. The van der Waals surface area contributed by atoms with Gasteiger partial charge < -0.3 is 19.9 Å². The van der Waals surface area contributed by atoms with Crippen LogP contribution in [0.25, 0.3) is 10.9 Å². The summed E-state index contributed by atoms with van der Waals surface area (Å²) in [5, 5.41) is 19.1. The normalized spacial score (nSPS) is 14.2. The highest BCUT2D eigenvalue weighted by Gasteiger charge is 2.22. The van der Waals surface area contributed by atoms with E-state index in [1.807, 2.05) is 13.0 Å². The van der Waals surface area contributed by atoms with Crippen LogP contribution in [0.2, 0.25) is 0 Å². The zero-order valence-corrected chi connectivity index (χ0v) is 19.9. The van der Waals surface area contributed by atoms with Gasteiger partial charge in [0.25, 0.3) is 0 Å². The molecule has 1 fully saturated rings. The Hall–Kier alpha value is -4.24. The van der Waals surface area contributed by atoms with E-state index in [0.717, 1.165) is 31.4 Å². The Morgan fingerprint density at radius 1 is 1.06 bits per heavy atom. The molecule has 36 heavy (non-hydrogen) atoms. The molecule has 10 nitrogen and oxygen atoms in total. The summed E-state index contributed by atoms with van der Waals surface area (Å²) in [4.78, 5) is 16.0. The Labute approximate surface area is 205 Å². The monoisotopic (exact) mass is 493 g/mol. The van der Waals surface area contributed by atoms with Crippen LogP contribution in [0.15, 0.2) is 24.3 Å². The minimum absolute atomic E-state index is 0.0811. The summed E-state index contributed by atoms with van der Waals surface area (Å²) in [6, 6.07) is 8.13. The summed E-state index contributed by atoms with van der Waals surface area (Å²) in [5.41, 5.74) is 1.58. The van der Waals surface area contributed by atoms with Crippen molar-refractivity contribution in [3.05, 3.63) is 47.3 Å². The van der Waals surface area contributed by atoms with Gasteiger partial charge in [0, 0.05) is 74.1 Å². The number of halogens is 2. The van der Waals surface area contributed by atoms with Crippen LogP contribution >= 0.6 is 0 Å². The van der Waals surface area contributed by atoms with Gasteiger partial charge in [0.1, 0.15) is 11.6 Å². The van der Waals surface area contributed by atoms with E-state index in [4.69, 9.17) is 10.00 Å². The summed E-state index contributed by atoms with van der Waals surface area (Å²) < 4.78 is 35.5. The number of hydrogen-bond acceptors (Lipinski definition) is 8. The lowest BCUT2D eigenvalue weighted by Crippen LogP contribution is -2.46. The van der Waals surface area contributed by atoms with E-state index in [0.29, 0.717) is 42.7 Å². The largest absolute Gasteiger partial charge is 0.421 e. The first-order valence-electron chi connectivity index (χ1n) is 11.6. The number of H-pyrrole nitrogens is 2. The maximum absolute atomic E-state index is 15.2. The molecule has 1 aromatic carbocycles. The average Bonchev–Trinajstić information content (AvgIpc) is 3.46. The number of nitrogens with one attached hydrogen (secondary N) is 3. The molecule has 1 saturated heterocycles. The highest BCUT2D eigenvalue weighted by molar-refractivity contribution is 5.83. The molecule has 3 aromatic heterocycles. The van der Waals surface area contributed by atoms with Crippen molar-refractivity contribution in [3.63, 3.8) is 0 Å². The topological polar surface area (TPSA) is 122 Å². The fraction of sp³-hybridized carbons (Fsp3) is 0.333. The molecule has 3 N–H and O–H groups in total. The number of rotatable bonds is 7. The van der Waals surface area contributed by atoms with Crippen molar-refractivity contribution in [2.75, 3.05) is 42.9 Å². The van der Waals surface area contributed by atoms with Crippen molar-refractivity contribution >= 4 is 28.4 Å². The van der Waals surface area contributed by atoms with Gasteiger partial charge in [0.15, 0.2) is 23.2 Å². The summed E-state index contributed by atoms with van der Waals surface area (Å²) in [6.07, 6.45) is 0.482. The third kappa shape index (κ3) is 4.92. The van der Waals surface area contributed by atoms with Crippen LogP contribution in [-0.4, -0.2) is 62.8 Å². The molecule has 4 aromatic rings. The number of nitrogens with zero attached hydrogens (tertiary/aromatic N) is 6. The Morgan fingerprint density at radius 2 is 1.86 bits per heavy atom. The lowest BCUT2D eigenvalue weighted by molar-refractivity contribution is 0.262. The molecule has 186 valence electrons. The maximum Gasteiger partial charge on any atom is 0.326 e. The van der Waals surface area contributed by atoms with E-state index >= 15 is 4.39 Å².